The van der Waals surface area contributed by atoms with Crippen molar-refractivity contribution in [3.05, 3.63) is 35.4 Å². The van der Waals surface area contributed by atoms with Crippen LogP contribution in [0.15, 0.2) is 18.2 Å². The molecule has 1 aliphatic heterocycles. The molecule has 21 heavy (non-hydrogen) atoms. The second kappa shape index (κ2) is 5.65. The minimum absolute atomic E-state index is 0.128. The summed E-state index contributed by atoms with van der Waals surface area (Å²) in [7, 11) is 0. The lowest BCUT2D eigenvalue weighted by Gasteiger charge is -2.33. The molecule has 0 amide bonds. The van der Waals surface area contributed by atoms with Crippen molar-refractivity contribution in [2.75, 3.05) is 6.54 Å². The molecule has 0 spiro atoms. The fraction of sp³-hybridized carbons (Fsp3) is 0.647. The van der Waals surface area contributed by atoms with Gasteiger partial charge in [-0.15, -0.1) is 0 Å². The first kappa shape index (κ1) is 16.4. The van der Waals surface area contributed by atoms with Crippen LogP contribution in [0.1, 0.15) is 52.6 Å². The van der Waals surface area contributed by atoms with Crippen LogP contribution in [0.3, 0.4) is 0 Å². The van der Waals surface area contributed by atoms with E-state index in [0.29, 0.717) is 5.56 Å². The summed E-state index contributed by atoms with van der Waals surface area (Å²) in [5.41, 5.74) is 0.0704. The van der Waals surface area contributed by atoms with Crippen LogP contribution in [0, 0.1) is 17.6 Å². The maximum Gasteiger partial charge on any atom is 0.126 e. The molecule has 1 aromatic rings. The summed E-state index contributed by atoms with van der Waals surface area (Å²) >= 11 is 0. The zero-order chi connectivity index (χ0) is 15.8. The monoisotopic (exact) mass is 297 g/mol. The van der Waals surface area contributed by atoms with E-state index in [1.165, 1.54) is 12.1 Å². The highest BCUT2D eigenvalue weighted by Crippen LogP contribution is 2.47. The normalized spacial score (nSPS) is 25.0. The van der Waals surface area contributed by atoms with Crippen LogP contribution < -0.4 is 5.32 Å². The topological polar surface area (TPSA) is 21.3 Å². The van der Waals surface area contributed by atoms with Gasteiger partial charge in [-0.1, -0.05) is 6.92 Å². The molecule has 0 aliphatic carbocycles. The van der Waals surface area contributed by atoms with Crippen molar-refractivity contribution < 1.29 is 13.5 Å². The average molecular weight is 297 g/mol. The standard InChI is InChI=1S/C17H25F2NO/c1-6-20-15(11-7-12(18)9-13(19)8-11)14-10-16(2,3)21-17(14,4)5/h7-9,14-15,20H,6,10H2,1-5H3. The third kappa shape index (κ3) is 3.61. The van der Waals surface area contributed by atoms with Crippen molar-refractivity contribution in [1.82, 2.24) is 5.32 Å². The van der Waals surface area contributed by atoms with Crippen LogP contribution in [-0.4, -0.2) is 17.7 Å². The predicted molar refractivity (Wildman–Crippen MR) is 80.1 cm³/mol. The fourth-order valence-corrected chi connectivity index (χ4v) is 3.59. The Kier molecular flexibility index (Phi) is 4.41. The second-order valence-electron chi connectivity index (χ2n) is 7.01. The molecular formula is C17H25F2NO. The highest BCUT2D eigenvalue weighted by molar-refractivity contribution is 5.24. The largest absolute Gasteiger partial charge is 0.369 e. The van der Waals surface area contributed by atoms with E-state index < -0.39 is 11.6 Å². The van der Waals surface area contributed by atoms with Crippen LogP contribution in [-0.2, 0) is 4.74 Å². The van der Waals surface area contributed by atoms with Crippen molar-refractivity contribution in [3.63, 3.8) is 0 Å². The molecule has 2 unspecified atom stereocenters. The van der Waals surface area contributed by atoms with Gasteiger partial charge in [0.05, 0.1) is 11.2 Å². The Balaban J connectivity index is 2.39. The van der Waals surface area contributed by atoms with Crippen LogP contribution in [0.4, 0.5) is 8.78 Å². The van der Waals surface area contributed by atoms with Crippen molar-refractivity contribution in [2.45, 2.75) is 58.3 Å². The maximum atomic E-state index is 13.6. The van der Waals surface area contributed by atoms with Crippen LogP contribution in [0.2, 0.25) is 0 Å². The second-order valence-corrected chi connectivity index (χ2v) is 7.01. The van der Waals surface area contributed by atoms with Gasteiger partial charge in [0.15, 0.2) is 0 Å². The van der Waals surface area contributed by atoms with Gasteiger partial charge in [0.25, 0.3) is 0 Å². The first-order chi connectivity index (χ1) is 9.64. The number of hydrogen-bond donors (Lipinski definition) is 1. The summed E-state index contributed by atoms with van der Waals surface area (Å²) < 4.78 is 33.3. The van der Waals surface area contributed by atoms with E-state index in [-0.39, 0.29) is 23.2 Å². The van der Waals surface area contributed by atoms with E-state index in [4.69, 9.17) is 4.74 Å². The minimum atomic E-state index is -0.538. The average Bonchev–Trinajstić information content (AvgIpc) is 2.52. The maximum absolute atomic E-state index is 13.6. The van der Waals surface area contributed by atoms with E-state index in [0.717, 1.165) is 19.0 Å². The molecule has 1 aromatic carbocycles. The highest BCUT2D eigenvalue weighted by Gasteiger charge is 2.49. The number of nitrogens with one attached hydrogen (secondary N) is 1. The molecule has 1 aliphatic rings. The van der Waals surface area contributed by atoms with E-state index in [2.05, 4.69) is 19.2 Å². The summed E-state index contributed by atoms with van der Waals surface area (Å²) in [5, 5.41) is 3.38. The van der Waals surface area contributed by atoms with Gasteiger partial charge in [-0.05, 0) is 58.4 Å². The molecule has 1 heterocycles. The van der Waals surface area contributed by atoms with E-state index in [1.54, 1.807) is 0 Å². The number of rotatable bonds is 4. The molecule has 2 atom stereocenters. The Hall–Kier alpha value is -1.00. The molecule has 1 saturated heterocycles. The summed E-state index contributed by atoms with van der Waals surface area (Å²) in [6, 6.07) is 3.61. The molecule has 0 aromatic heterocycles. The molecule has 2 nitrogen and oxygen atoms in total. The van der Waals surface area contributed by atoms with Crippen molar-refractivity contribution in [2.24, 2.45) is 5.92 Å². The minimum Gasteiger partial charge on any atom is -0.369 e. The van der Waals surface area contributed by atoms with Gasteiger partial charge in [-0.2, -0.15) is 0 Å². The molecule has 0 bridgehead atoms. The van der Waals surface area contributed by atoms with Gasteiger partial charge in [-0.3, -0.25) is 0 Å². The van der Waals surface area contributed by atoms with Gasteiger partial charge >= 0.3 is 0 Å². The summed E-state index contributed by atoms with van der Waals surface area (Å²) in [6.07, 6.45) is 0.843. The van der Waals surface area contributed by atoms with Crippen LogP contribution in [0.25, 0.3) is 0 Å². The Bertz CT molecular complexity index is 493. The van der Waals surface area contributed by atoms with Crippen molar-refractivity contribution in [1.29, 1.82) is 0 Å². The number of hydrogen-bond acceptors (Lipinski definition) is 2. The summed E-state index contributed by atoms with van der Waals surface area (Å²) in [5.74, 6) is -0.929. The highest BCUT2D eigenvalue weighted by atomic mass is 19.1. The zero-order valence-corrected chi connectivity index (χ0v) is 13.5. The van der Waals surface area contributed by atoms with E-state index in [1.807, 2.05) is 20.8 Å². The lowest BCUT2D eigenvalue weighted by atomic mass is 9.79. The lowest BCUT2D eigenvalue weighted by molar-refractivity contribution is -0.0778. The number of ether oxygens (including phenoxy) is 1. The zero-order valence-electron chi connectivity index (χ0n) is 13.5. The van der Waals surface area contributed by atoms with Gasteiger partial charge in [0.2, 0.25) is 0 Å². The lowest BCUT2D eigenvalue weighted by Crippen LogP contribution is -2.38. The predicted octanol–water partition coefficient (Wildman–Crippen LogP) is 4.21. The summed E-state index contributed by atoms with van der Waals surface area (Å²) in [4.78, 5) is 0. The Morgan fingerprint density at radius 3 is 2.19 bits per heavy atom. The number of halogens is 2. The molecule has 4 heteroatoms. The fourth-order valence-electron chi connectivity index (χ4n) is 3.59. The third-order valence-electron chi connectivity index (χ3n) is 4.21. The van der Waals surface area contributed by atoms with Crippen LogP contribution >= 0.6 is 0 Å². The van der Waals surface area contributed by atoms with Crippen LogP contribution in [0.5, 0.6) is 0 Å². The van der Waals surface area contributed by atoms with Gasteiger partial charge < -0.3 is 10.1 Å². The molecule has 0 saturated carbocycles. The van der Waals surface area contributed by atoms with Gasteiger partial charge in [-0.25, -0.2) is 8.78 Å². The van der Waals surface area contributed by atoms with Gasteiger partial charge in [0, 0.05) is 18.0 Å². The third-order valence-corrected chi connectivity index (χ3v) is 4.21. The van der Waals surface area contributed by atoms with Gasteiger partial charge in [0.1, 0.15) is 11.6 Å². The molecule has 1 N–H and O–H groups in total. The van der Waals surface area contributed by atoms with E-state index in [9.17, 15) is 8.78 Å². The van der Waals surface area contributed by atoms with Crippen molar-refractivity contribution >= 4 is 0 Å². The number of benzene rings is 1. The quantitative estimate of drug-likeness (QED) is 0.899. The Morgan fingerprint density at radius 1 is 1.19 bits per heavy atom. The molecule has 1 fully saturated rings. The molecular weight excluding hydrogens is 272 g/mol. The Morgan fingerprint density at radius 2 is 1.76 bits per heavy atom. The first-order valence-corrected chi connectivity index (χ1v) is 7.54. The molecule has 0 radical (unpaired) electrons. The SMILES string of the molecule is CCNC(c1cc(F)cc(F)c1)C1CC(C)(C)OC1(C)C. The molecule has 2 rings (SSSR count). The smallest absolute Gasteiger partial charge is 0.126 e. The molecule has 118 valence electrons. The van der Waals surface area contributed by atoms with E-state index >= 15 is 0 Å². The summed E-state index contributed by atoms with van der Waals surface area (Å²) in [6.45, 7) is 10.9. The Labute approximate surface area is 125 Å². The van der Waals surface area contributed by atoms with Crippen molar-refractivity contribution in [3.8, 4) is 0 Å². The first-order valence-electron chi connectivity index (χ1n) is 7.54.